The van der Waals surface area contributed by atoms with Crippen LogP contribution < -0.4 is 0 Å². The highest BCUT2D eigenvalue weighted by Gasteiger charge is 2.36. The number of nitrogens with one attached hydrogen (secondary N) is 1. The monoisotopic (exact) mass is 316 g/mol. The van der Waals surface area contributed by atoms with Gasteiger partial charge in [-0.1, -0.05) is 42.5 Å². The second kappa shape index (κ2) is 5.89. The Balaban J connectivity index is 1.45. The molecule has 0 bridgehead atoms. The summed E-state index contributed by atoms with van der Waals surface area (Å²) >= 11 is 0. The molecule has 0 fully saturated rings. The van der Waals surface area contributed by atoms with Crippen molar-refractivity contribution in [3.63, 3.8) is 0 Å². The molecular formula is C20H16N2O2. The molecule has 1 N–H and O–H groups in total. The third-order valence-electron chi connectivity index (χ3n) is 4.46. The van der Waals surface area contributed by atoms with E-state index in [4.69, 9.17) is 0 Å². The standard InChI is InChI=1S/C20H16N2O2/c23-19-15-6-1-2-7-16(15)20(24)17(19)12-21-10-9-13-11-22-18-8-4-3-5-14(13)18/h1-8,11-12,17,22H,9-10H2. The minimum absolute atomic E-state index is 0.147. The number of H-pyrrole nitrogens is 1. The molecule has 4 heteroatoms. The fraction of sp³-hybridized carbons (Fsp3) is 0.150. The van der Waals surface area contributed by atoms with Crippen molar-refractivity contribution in [1.82, 2.24) is 4.98 Å². The molecule has 0 unspecified atom stereocenters. The van der Waals surface area contributed by atoms with Gasteiger partial charge in [-0.05, 0) is 18.1 Å². The van der Waals surface area contributed by atoms with Crippen molar-refractivity contribution in [3.05, 3.63) is 71.4 Å². The molecule has 0 atom stereocenters. The number of aliphatic imine (C=N–C) groups is 1. The summed E-state index contributed by atoms with van der Waals surface area (Å²) in [5, 5.41) is 1.19. The number of para-hydroxylation sites is 1. The molecule has 4 nitrogen and oxygen atoms in total. The van der Waals surface area contributed by atoms with Crippen molar-refractivity contribution in [2.75, 3.05) is 6.54 Å². The molecule has 0 aliphatic heterocycles. The van der Waals surface area contributed by atoms with Gasteiger partial charge in [0.25, 0.3) is 0 Å². The molecule has 1 aliphatic carbocycles. The highest BCUT2D eigenvalue weighted by Crippen LogP contribution is 2.25. The van der Waals surface area contributed by atoms with Crippen molar-refractivity contribution in [1.29, 1.82) is 0 Å². The Kier molecular flexibility index (Phi) is 3.58. The number of ketones is 2. The summed E-state index contributed by atoms with van der Waals surface area (Å²) in [5.41, 5.74) is 3.31. The minimum Gasteiger partial charge on any atom is -0.361 e. The fourth-order valence-electron chi connectivity index (χ4n) is 3.21. The lowest BCUT2D eigenvalue weighted by Crippen LogP contribution is -2.16. The predicted octanol–water partition coefficient (Wildman–Crippen LogP) is 3.48. The summed E-state index contributed by atoms with van der Waals surface area (Å²) in [6.07, 6.45) is 4.27. The number of rotatable bonds is 4. The van der Waals surface area contributed by atoms with Crippen LogP contribution in [0, 0.1) is 5.92 Å². The molecule has 0 saturated carbocycles. The first-order valence-electron chi connectivity index (χ1n) is 7.98. The van der Waals surface area contributed by atoms with Crippen LogP contribution in [0.1, 0.15) is 26.3 Å². The van der Waals surface area contributed by atoms with Gasteiger partial charge in [0, 0.05) is 41.0 Å². The molecule has 0 spiro atoms. The van der Waals surface area contributed by atoms with E-state index in [-0.39, 0.29) is 11.6 Å². The number of hydrogen-bond acceptors (Lipinski definition) is 3. The quantitative estimate of drug-likeness (QED) is 0.591. The molecular weight excluding hydrogens is 300 g/mol. The highest BCUT2D eigenvalue weighted by molar-refractivity contribution is 6.33. The van der Waals surface area contributed by atoms with Crippen LogP contribution in [0.25, 0.3) is 10.9 Å². The highest BCUT2D eigenvalue weighted by atomic mass is 16.2. The zero-order valence-corrected chi connectivity index (χ0v) is 13.0. The van der Waals surface area contributed by atoms with Crippen LogP contribution in [0.5, 0.6) is 0 Å². The average molecular weight is 316 g/mol. The minimum atomic E-state index is -0.759. The summed E-state index contributed by atoms with van der Waals surface area (Å²) in [6.45, 7) is 0.551. The normalized spacial score (nSPS) is 14.8. The van der Waals surface area contributed by atoms with Crippen LogP contribution in [0.4, 0.5) is 0 Å². The van der Waals surface area contributed by atoms with Gasteiger partial charge in [-0.2, -0.15) is 0 Å². The zero-order chi connectivity index (χ0) is 16.5. The summed E-state index contributed by atoms with van der Waals surface area (Å²) in [6, 6.07) is 15.1. The lowest BCUT2D eigenvalue weighted by molar-refractivity contribution is 0.0886. The second-order valence-electron chi connectivity index (χ2n) is 5.92. The second-order valence-corrected chi connectivity index (χ2v) is 5.92. The third kappa shape index (κ3) is 2.36. The molecule has 0 amide bonds. The summed E-state index contributed by atoms with van der Waals surface area (Å²) in [4.78, 5) is 32.1. The van der Waals surface area contributed by atoms with Crippen LogP contribution in [-0.4, -0.2) is 29.3 Å². The smallest absolute Gasteiger partial charge is 0.179 e. The third-order valence-corrected chi connectivity index (χ3v) is 4.46. The number of nitrogens with zero attached hydrogens (tertiary/aromatic N) is 1. The molecule has 0 radical (unpaired) electrons. The Bertz CT molecular complexity index is 933. The average Bonchev–Trinajstić information content (AvgIpc) is 3.13. The molecule has 0 saturated heterocycles. The van der Waals surface area contributed by atoms with Gasteiger partial charge in [0.05, 0.1) is 0 Å². The molecule has 24 heavy (non-hydrogen) atoms. The topological polar surface area (TPSA) is 62.3 Å². The zero-order valence-electron chi connectivity index (χ0n) is 13.0. The summed E-state index contributed by atoms with van der Waals surface area (Å²) < 4.78 is 0. The largest absolute Gasteiger partial charge is 0.361 e. The van der Waals surface area contributed by atoms with Gasteiger partial charge < -0.3 is 4.98 Å². The fourth-order valence-corrected chi connectivity index (χ4v) is 3.21. The van der Waals surface area contributed by atoms with E-state index in [1.165, 1.54) is 17.2 Å². The maximum absolute atomic E-state index is 12.3. The lowest BCUT2D eigenvalue weighted by atomic mass is 10.1. The number of benzene rings is 2. The van der Waals surface area contributed by atoms with Crippen LogP contribution in [0.2, 0.25) is 0 Å². The first kappa shape index (κ1) is 14.6. The van der Waals surface area contributed by atoms with E-state index in [0.717, 1.165) is 11.9 Å². The maximum Gasteiger partial charge on any atom is 0.179 e. The first-order chi connectivity index (χ1) is 11.8. The summed E-state index contributed by atoms with van der Waals surface area (Å²) in [5.74, 6) is -1.05. The van der Waals surface area contributed by atoms with Crippen molar-refractivity contribution in [3.8, 4) is 0 Å². The van der Waals surface area contributed by atoms with Gasteiger partial charge >= 0.3 is 0 Å². The van der Waals surface area contributed by atoms with E-state index < -0.39 is 5.92 Å². The Morgan fingerprint density at radius 2 is 1.62 bits per heavy atom. The molecule has 3 aromatic rings. The molecule has 1 aliphatic rings. The molecule has 4 rings (SSSR count). The van der Waals surface area contributed by atoms with Gasteiger partial charge in [0.1, 0.15) is 5.92 Å². The van der Waals surface area contributed by atoms with Gasteiger partial charge in [-0.25, -0.2) is 0 Å². The van der Waals surface area contributed by atoms with Crippen LogP contribution in [0.3, 0.4) is 0 Å². The van der Waals surface area contributed by atoms with E-state index in [9.17, 15) is 9.59 Å². The van der Waals surface area contributed by atoms with Crippen molar-refractivity contribution in [2.45, 2.75) is 6.42 Å². The Morgan fingerprint density at radius 1 is 0.958 bits per heavy atom. The molecule has 118 valence electrons. The van der Waals surface area contributed by atoms with Gasteiger partial charge in [0.15, 0.2) is 11.6 Å². The Labute approximate surface area is 139 Å². The first-order valence-corrected chi connectivity index (χ1v) is 7.98. The number of aromatic amines is 1. The SMILES string of the molecule is O=C1c2ccccc2C(=O)C1C=NCCc1c[nH]c2ccccc12. The van der Waals surface area contributed by atoms with Crippen LogP contribution in [-0.2, 0) is 6.42 Å². The molecule has 2 aromatic carbocycles. The Hall–Kier alpha value is -3.01. The number of carbonyl (C=O) groups excluding carboxylic acids is 2. The van der Waals surface area contributed by atoms with Crippen molar-refractivity contribution >= 4 is 28.7 Å². The molecule has 1 heterocycles. The predicted molar refractivity (Wildman–Crippen MR) is 94.0 cm³/mol. The van der Waals surface area contributed by atoms with E-state index in [2.05, 4.69) is 16.0 Å². The number of fused-ring (bicyclic) bond motifs is 2. The number of carbonyl (C=O) groups is 2. The lowest BCUT2D eigenvalue weighted by Gasteiger charge is -1.99. The Morgan fingerprint density at radius 3 is 2.38 bits per heavy atom. The van der Waals surface area contributed by atoms with E-state index in [1.54, 1.807) is 24.3 Å². The van der Waals surface area contributed by atoms with Crippen LogP contribution in [0.15, 0.2) is 59.7 Å². The maximum atomic E-state index is 12.3. The number of Topliss-reactive ketones (excluding diaryl/α,β-unsaturated/α-hetero) is 2. The van der Waals surface area contributed by atoms with Crippen molar-refractivity contribution < 1.29 is 9.59 Å². The van der Waals surface area contributed by atoms with E-state index in [0.29, 0.717) is 17.7 Å². The van der Waals surface area contributed by atoms with Gasteiger partial charge in [-0.15, -0.1) is 0 Å². The van der Waals surface area contributed by atoms with Crippen molar-refractivity contribution in [2.24, 2.45) is 10.9 Å². The van der Waals surface area contributed by atoms with E-state index >= 15 is 0 Å². The number of hydrogen-bond donors (Lipinski definition) is 1. The summed E-state index contributed by atoms with van der Waals surface area (Å²) in [7, 11) is 0. The van der Waals surface area contributed by atoms with Crippen LogP contribution >= 0.6 is 0 Å². The van der Waals surface area contributed by atoms with Gasteiger partial charge in [-0.3, -0.25) is 14.6 Å². The van der Waals surface area contributed by atoms with Gasteiger partial charge in [0.2, 0.25) is 0 Å². The molecule has 1 aromatic heterocycles. The number of aromatic nitrogens is 1. The van der Waals surface area contributed by atoms with E-state index in [1.807, 2.05) is 24.4 Å².